The third kappa shape index (κ3) is 2.51. The molecule has 0 spiro atoms. The van der Waals surface area contributed by atoms with E-state index in [9.17, 15) is 0 Å². The first kappa shape index (κ1) is 14.4. The molecule has 3 rings (SSSR count). The van der Waals surface area contributed by atoms with E-state index in [0.29, 0.717) is 5.25 Å². The maximum absolute atomic E-state index is 6.28. The van der Waals surface area contributed by atoms with E-state index in [1.165, 1.54) is 43.5 Å². The summed E-state index contributed by atoms with van der Waals surface area (Å²) in [6, 6.07) is 8.95. The number of hydrogen-bond donors (Lipinski definition) is 1. The average Bonchev–Trinajstić information content (AvgIpc) is 2.70. The Hall–Kier alpha value is -0.510. The molecular weight excluding hydrogens is 264 g/mol. The Bertz CT molecular complexity index is 462. The van der Waals surface area contributed by atoms with Crippen molar-refractivity contribution in [3.05, 3.63) is 35.4 Å². The summed E-state index contributed by atoms with van der Waals surface area (Å²) in [6.45, 7) is 5.45. The first-order valence-corrected chi connectivity index (χ1v) is 8.95. The van der Waals surface area contributed by atoms with Crippen molar-refractivity contribution < 1.29 is 0 Å². The van der Waals surface area contributed by atoms with Gasteiger partial charge in [-0.05, 0) is 49.1 Å². The molecule has 2 N–H and O–H groups in total. The molecule has 3 heteroatoms. The number of aryl methyl sites for hydroxylation is 1. The van der Waals surface area contributed by atoms with Crippen molar-refractivity contribution in [3.63, 3.8) is 0 Å². The van der Waals surface area contributed by atoms with Gasteiger partial charge in [0, 0.05) is 23.9 Å². The lowest BCUT2D eigenvalue weighted by molar-refractivity contribution is 0.0752. The van der Waals surface area contributed by atoms with Crippen LogP contribution in [-0.4, -0.2) is 34.5 Å². The second kappa shape index (κ2) is 6.08. The molecule has 0 bridgehead atoms. The van der Waals surface area contributed by atoms with Gasteiger partial charge in [-0.25, -0.2) is 0 Å². The molecule has 1 fully saturated rings. The fraction of sp³-hybridized carbons (Fsp3) is 0.647. The molecule has 2 aliphatic heterocycles. The summed E-state index contributed by atoms with van der Waals surface area (Å²) in [4.78, 5) is 2.70. The highest BCUT2D eigenvalue weighted by Crippen LogP contribution is 2.39. The zero-order valence-electron chi connectivity index (χ0n) is 12.5. The van der Waals surface area contributed by atoms with Crippen LogP contribution < -0.4 is 5.73 Å². The lowest BCUT2D eigenvalue weighted by Gasteiger charge is -2.49. The van der Waals surface area contributed by atoms with E-state index in [1.54, 1.807) is 5.56 Å². The smallest absolute Gasteiger partial charge is 0.0451 e. The maximum Gasteiger partial charge on any atom is 0.0451 e. The Labute approximate surface area is 127 Å². The van der Waals surface area contributed by atoms with Crippen LogP contribution in [0.5, 0.6) is 0 Å². The van der Waals surface area contributed by atoms with Gasteiger partial charge < -0.3 is 5.73 Å². The average molecular weight is 290 g/mol. The molecule has 20 heavy (non-hydrogen) atoms. The maximum atomic E-state index is 6.28. The third-order valence-corrected chi connectivity index (χ3v) is 6.68. The minimum absolute atomic E-state index is 0.209. The highest BCUT2D eigenvalue weighted by molar-refractivity contribution is 8.00. The molecule has 2 unspecified atom stereocenters. The first-order chi connectivity index (χ1) is 9.76. The molecule has 2 atom stereocenters. The van der Waals surface area contributed by atoms with E-state index in [2.05, 4.69) is 47.9 Å². The van der Waals surface area contributed by atoms with Crippen molar-refractivity contribution in [2.45, 2.75) is 49.9 Å². The highest BCUT2D eigenvalue weighted by atomic mass is 32.2. The van der Waals surface area contributed by atoms with Crippen LogP contribution in [0.4, 0.5) is 0 Å². The van der Waals surface area contributed by atoms with Crippen molar-refractivity contribution >= 4 is 11.8 Å². The molecule has 2 aliphatic rings. The van der Waals surface area contributed by atoms with Crippen LogP contribution in [-0.2, 0) is 13.0 Å². The molecular formula is C17H26N2S. The van der Waals surface area contributed by atoms with Crippen molar-refractivity contribution in [3.8, 4) is 0 Å². The van der Waals surface area contributed by atoms with Crippen molar-refractivity contribution in [2.75, 3.05) is 18.8 Å². The van der Waals surface area contributed by atoms with Crippen molar-refractivity contribution in [1.29, 1.82) is 0 Å². The van der Waals surface area contributed by atoms with Gasteiger partial charge in [0.1, 0.15) is 0 Å². The van der Waals surface area contributed by atoms with E-state index in [1.807, 2.05) is 0 Å². The van der Waals surface area contributed by atoms with Crippen LogP contribution >= 0.6 is 11.8 Å². The number of nitrogens with two attached hydrogens (primary N) is 1. The molecule has 0 aliphatic carbocycles. The zero-order chi connectivity index (χ0) is 14.0. The predicted molar refractivity (Wildman–Crippen MR) is 88.1 cm³/mol. The Morgan fingerprint density at radius 1 is 1.30 bits per heavy atom. The van der Waals surface area contributed by atoms with E-state index in [0.717, 1.165) is 13.1 Å². The van der Waals surface area contributed by atoms with Gasteiger partial charge in [0.05, 0.1) is 0 Å². The fourth-order valence-electron chi connectivity index (χ4n) is 3.89. The molecule has 110 valence electrons. The highest BCUT2D eigenvalue weighted by Gasteiger charge is 2.42. The van der Waals surface area contributed by atoms with Gasteiger partial charge in [-0.1, -0.05) is 31.2 Å². The fourth-order valence-corrected chi connectivity index (χ4v) is 5.23. The van der Waals surface area contributed by atoms with Crippen LogP contribution in [0.1, 0.15) is 37.3 Å². The summed E-state index contributed by atoms with van der Waals surface area (Å²) >= 11 is 2.11. The molecule has 1 saturated heterocycles. The van der Waals surface area contributed by atoms with E-state index >= 15 is 0 Å². The summed E-state index contributed by atoms with van der Waals surface area (Å²) < 4.78 is 0. The lowest BCUT2D eigenvalue weighted by Crippen LogP contribution is -2.60. The standard InChI is InChI=1S/C17H26N2S/c1-14-17(13-18,9-5-11-20-14)19-10-4-8-15-6-2-3-7-16(15)12-19/h2-3,6-7,14H,4-5,8-13,18H2,1H3. The summed E-state index contributed by atoms with van der Waals surface area (Å²) in [6.07, 6.45) is 5.05. The second-order valence-electron chi connectivity index (χ2n) is 6.22. The molecule has 2 heterocycles. The summed E-state index contributed by atoms with van der Waals surface area (Å²) in [5.41, 5.74) is 9.54. The van der Waals surface area contributed by atoms with Crippen LogP contribution in [0.15, 0.2) is 24.3 Å². The second-order valence-corrected chi connectivity index (χ2v) is 7.67. The van der Waals surface area contributed by atoms with Crippen molar-refractivity contribution in [1.82, 2.24) is 4.90 Å². The van der Waals surface area contributed by atoms with E-state index < -0.39 is 0 Å². The van der Waals surface area contributed by atoms with Crippen molar-refractivity contribution in [2.24, 2.45) is 5.73 Å². The molecule has 0 aromatic heterocycles. The number of hydrogen-bond acceptors (Lipinski definition) is 3. The van der Waals surface area contributed by atoms with Gasteiger partial charge in [-0.15, -0.1) is 0 Å². The first-order valence-electron chi connectivity index (χ1n) is 7.90. The van der Waals surface area contributed by atoms with Gasteiger partial charge in [-0.3, -0.25) is 4.90 Å². The topological polar surface area (TPSA) is 29.3 Å². The Balaban J connectivity index is 1.89. The lowest BCUT2D eigenvalue weighted by atomic mass is 9.87. The number of rotatable bonds is 2. The van der Waals surface area contributed by atoms with Crippen LogP contribution in [0, 0.1) is 0 Å². The van der Waals surface area contributed by atoms with Crippen LogP contribution in [0.3, 0.4) is 0 Å². The van der Waals surface area contributed by atoms with E-state index in [-0.39, 0.29) is 5.54 Å². The molecule has 0 amide bonds. The van der Waals surface area contributed by atoms with Gasteiger partial charge in [0.2, 0.25) is 0 Å². The number of benzene rings is 1. The summed E-state index contributed by atoms with van der Waals surface area (Å²) in [5.74, 6) is 1.30. The Morgan fingerprint density at radius 2 is 2.10 bits per heavy atom. The molecule has 0 saturated carbocycles. The zero-order valence-corrected chi connectivity index (χ0v) is 13.3. The van der Waals surface area contributed by atoms with Gasteiger partial charge in [0.15, 0.2) is 0 Å². The Kier molecular flexibility index (Phi) is 4.39. The molecule has 0 radical (unpaired) electrons. The van der Waals surface area contributed by atoms with Gasteiger partial charge in [-0.2, -0.15) is 11.8 Å². The largest absolute Gasteiger partial charge is 0.329 e. The van der Waals surface area contributed by atoms with E-state index in [4.69, 9.17) is 5.73 Å². The van der Waals surface area contributed by atoms with Gasteiger partial charge in [0.25, 0.3) is 0 Å². The van der Waals surface area contributed by atoms with Crippen LogP contribution in [0.2, 0.25) is 0 Å². The Morgan fingerprint density at radius 3 is 2.85 bits per heavy atom. The number of nitrogens with zero attached hydrogens (tertiary/aromatic N) is 1. The minimum atomic E-state index is 0.209. The molecule has 1 aromatic rings. The quantitative estimate of drug-likeness (QED) is 0.908. The monoisotopic (exact) mass is 290 g/mol. The van der Waals surface area contributed by atoms with Gasteiger partial charge >= 0.3 is 0 Å². The summed E-state index contributed by atoms with van der Waals surface area (Å²) in [5, 5.41) is 0.645. The summed E-state index contributed by atoms with van der Waals surface area (Å²) in [7, 11) is 0. The van der Waals surface area contributed by atoms with Crippen LogP contribution in [0.25, 0.3) is 0 Å². The minimum Gasteiger partial charge on any atom is -0.329 e. The normalized spacial score (nSPS) is 31.6. The third-order valence-electron chi connectivity index (χ3n) is 5.22. The molecule has 1 aromatic carbocycles. The number of fused-ring (bicyclic) bond motifs is 1. The SMILES string of the molecule is CC1SCCCC1(CN)N1CCCc2ccccc2C1. The number of thioether (sulfide) groups is 1. The molecule has 2 nitrogen and oxygen atoms in total. The predicted octanol–water partition coefficient (Wildman–Crippen LogP) is 3.05.